The second-order valence-corrected chi connectivity index (χ2v) is 7.49. The third-order valence-corrected chi connectivity index (χ3v) is 5.33. The number of fused-ring (bicyclic) bond motifs is 3. The van der Waals surface area contributed by atoms with Crippen LogP contribution in [0, 0.1) is 0 Å². The lowest BCUT2D eigenvalue weighted by Crippen LogP contribution is -1.90. The van der Waals surface area contributed by atoms with Crippen LogP contribution in [0.2, 0.25) is 0 Å². The highest BCUT2D eigenvalue weighted by Gasteiger charge is 2.13. The summed E-state index contributed by atoms with van der Waals surface area (Å²) in [5.41, 5.74) is 7.56. The molecule has 5 rings (SSSR count). The number of pyridine rings is 1. The Bertz CT molecular complexity index is 1280. The lowest BCUT2D eigenvalue weighted by Gasteiger charge is -2.07. The summed E-state index contributed by atoms with van der Waals surface area (Å²) in [4.78, 5) is 4.58. The van der Waals surface area contributed by atoms with E-state index in [1.165, 1.54) is 22.1 Å². The number of nitrogens with zero attached hydrogens (tertiary/aromatic N) is 1. The lowest BCUT2D eigenvalue weighted by molar-refractivity contribution is 0.669. The summed E-state index contributed by atoms with van der Waals surface area (Å²) < 4.78 is 6.23. The van der Waals surface area contributed by atoms with Gasteiger partial charge in [0.15, 0.2) is 0 Å². The predicted octanol–water partition coefficient (Wildman–Crippen LogP) is 7.44. The molecular weight excluding hydrogens is 342 g/mol. The van der Waals surface area contributed by atoms with Gasteiger partial charge in [-0.05, 0) is 52.9 Å². The van der Waals surface area contributed by atoms with Gasteiger partial charge in [-0.2, -0.15) is 0 Å². The smallest absolute Gasteiger partial charge is 0.136 e. The molecule has 0 aliphatic heterocycles. The van der Waals surface area contributed by atoms with Crippen LogP contribution in [0.3, 0.4) is 0 Å². The highest BCUT2D eigenvalue weighted by molar-refractivity contribution is 6.12. The normalized spacial score (nSPS) is 11.5. The minimum absolute atomic E-state index is 0.477. The number of hydrogen-bond donors (Lipinski definition) is 0. The van der Waals surface area contributed by atoms with Crippen LogP contribution < -0.4 is 0 Å². The van der Waals surface area contributed by atoms with Crippen LogP contribution in [0.4, 0.5) is 0 Å². The van der Waals surface area contributed by atoms with Gasteiger partial charge in [0.05, 0.1) is 5.69 Å². The van der Waals surface area contributed by atoms with Gasteiger partial charge in [-0.3, -0.25) is 4.98 Å². The Morgan fingerprint density at radius 1 is 0.750 bits per heavy atom. The Morgan fingerprint density at radius 2 is 1.61 bits per heavy atom. The molecule has 0 saturated heterocycles. The van der Waals surface area contributed by atoms with Crippen LogP contribution in [0.1, 0.15) is 25.3 Å². The van der Waals surface area contributed by atoms with Gasteiger partial charge in [0.25, 0.3) is 0 Å². The van der Waals surface area contributed by atoms with Gasteiger partial charge in [0, 0.05) is 22.5 Å². The molecule has 0 atom stereocenters. The quantitative estimate of drug-likeness (QED) is 0.333. The van der Waals surface area contributed by atoms with E-state index in [0.29, 0.717) is 5.92 Å². The van der Waals surface area contributed by atoms with Crippen molar-refractivity contribution >= 4 is 21.9 Å². The second-order valence-electron chi connectivity index (χ2n) is 7.49. The number of benzene rings is 3. The van der Waals surface area contributed by atoms with Crippen LogP contribution in [0.25, 0.3) is 44.3 Å². The van der Waals surface area contributed by atoms with Crippen molar-refractivity contribution in [2.75, 3.05) is 0 Å². The van der Waals surface area contributed by atoms with E-state index in [1.54, 1.807) is 0 Å². The van der Waals surface area contributed by atoms with Crippen LogP contribution in [-0.2, 0) is 0 Å². The zero-order valence-corrected chi connectivity index (χ0v) is 16.0. The summed E-state index contributed by atoms with van der Waals surface area (Å²) in [7, 11) is 0. The van der Waals surface area contributed by atoms with E-state index in [9.17, 15) is 0 Å². The fraction of sp³-hybridized carbons (Fsp3) is 0.115. The third-order valence-electron chi connectivity index (χ3n) is 5.33. The minimum atomic E-state index is 0.477. The van der Waals surface area contributed by atoms with Gasteiger partial charge in [0.1, 0.15) is 11.2 Å². The first-order valence-corrected chi connectivity index (χ1v) is 9.68. The van der Waals surface area contributed by atoms with Crippen molar-refractivity contribution in [2.45, 2.75) is 19.8 Å². The predicted molar refractivity (Wildman–Crippen MR) is 116 cm³/mol. The Kier molecular flexibility index (Phi) is 3.98. The SMILES string of the molecule is CC(C)c1ccnc(-c2ccc3c(c2)oc2cccc(-c4ccccc4)c23)c1. The van der Waals surface area contributed by atoms with E-state index in [4.69, 9.17) is 4.42 Å². The summed E-state index contributed by atoms with van der Waals surface area (Å²) in [5, 5.41) is 2.30. The highest BCUT2D eigenvalue weighted by Crippen LogP contribution is 2.38. The maximum absolute atomic E-state index is 6.23. The topological polar surface area (TPSA) is 26.0 Å². The average molecular weight is 363 g/mol. The van der Waals surface area contributed by atoms with E-state index in [-0.39, 0.29) is 0 Å². The molecule has 0 N–H and O–H groups in total. The van der Waals surface area contributed by atoms with Crippen LogP contribution in [-0.4, -0.2) is 4.98 Å². The van der Waals surface area contributed by atoms with Crippen molar-refractivity contribution in [3.05, 3.63) is 90.6 Å². The molecule has 0 aliphatic rings. The first-order valence-electron chi connectivity index (χ1n) is 9.68. The Balaban J connectivity index is 1.70. The van der Waals surface area contributed by atoms with E-state index < -0.39 is 0 Å². The molecule has 0 spiro atoms. The van der Waals surface area contributed by atoms with Gasteiger partial charge in [-0.15, -0.1) is 0 Å². The van der Waals surface area contributed by atoms with Crippen molar-refractivity contribution in [3.63, 3.8) is 0 Å². The number of furan rings is 1. The molecule has 0 aliphatic carbocycles. The number of hydrogen-bond acceptors (Lipinski definition) is 2. The van der Waals surface area contributed by atoms with Gasteiger partial charge in [-0.1, -0.05) is 62.4 Å². The molecule has 0 saturated carbocycles. The summed E-state index contributed by atoms with van der Waals surface area (Å²) in [6, 6.07) is 27.4. The standard InChI is InChI=1S/C26H21NO/c1-17(2)19-13-14-27-23(15-19)20-11-12-22-25(16-20)28-24-10-6-9-21(26(22)24)18-7-4-3-5-8-18/h3-17H,1-2H3. The summed E-state index contributed by atoms with van der Waals surface area (Å²) >= 11 is 0. The Hall–Kier alpha value is -3.39. The Labute approximate surface area is 164 Å². The summed E-state index contributed by atoms with van der Waals surface area (Å²) in [6.45, 7) is 4.40. The molecule has 5 aromatic rings. The van der Waals surface area contributed by atoms with Crippen molar-refractivity contribution in [2.24, 2.45) is 0 Å². The molecule has 0 amide bonds. The monoisotopic (exact) mass is 363 g/mol. The number of rotatable bonds is 3. The van der Waals surface area contributed by atoms with Gasteiger partial charge < -0.3 is 4.42 Å². The van der Waals surface area contributed by atoms with Crippen LogP contribution >= 0.6 is 0 Å². The van der Waals surface area contributed by atoms with Crippen molar-refractivity contribution < 1.29 is 4.42 Å². The van der Waals surface area contributed by atoms with E-state index in [2.05, 4.69) is 85.6 Å². The molecular formula is C26H21NO. The first-order chi connectivity index (χ1) is 13.7. The molecule has 0 fully saturated rings. The zero-order valence-electron chi connectivity index (χ0n) is 16.0. The average Bonchev–Trinajstić information content (AvgIpc) is 3.12. The fourth-order valence-electron chi connectivity index (χ4n) is 3.81. The molecule has 2 heteroatoms. The molecule has 0 radical (unpaired) electrons. The van der Waals surface area contributed by atoms with Gasteiger partial charge >= 0.3 is 0 Å². The minimum Gasteiger partial charge on any atom is -0.456 e. The summed E-state index contributed by atoms with van der Waals surface area (Å²) in [5.74, 6) is 0.477. The maximum Gasteiger partial charge on any atom is 0.136 e. The van der Waals surface area contributed by atoms with Crippen LogP contribution in [0.5, 0.6) is 0 Å². The molecule has 3 aromatic carbocycles. The van der Waals surface area contributed by atoms with E-state index >= 15 is 0 Å². The van der Waals surface area contributed by atoms with Gasteiger partial charge in [-0.25, -0.2) is 0 Å². The maximum atomic E-state index is 6.23. The Morgan fingerprint density at radius 3 is 2.43 bits per heavy atom. The van der Waals surface area contributed by atoms with Crippen LogP contribution in [0.15, 0.2) is 89.5 Å². The number of aromatic nitrogens is 1. The molecule has 0 bridgehead atoms. The lowest BCUT2D eigenvalue weighted by atomic mass is 9.98. The van der Waals surface area contributed by atoms with Crippen molar-refractivity contribution in [1.29, 1.82) is 0 Å². The first kappa shape index (κ1) is 16.8. The van der Waals surface area contributed by atoms with Crippen molar-refractivity contribution in [1.82, 2.24) is 4.98 Å². The largest absolute Gasteiger partial charge is 0.456 e. The molecule has 136 valence electrons. The molecule has 2 aromatic heterocycles. The second kappa shape index (κ2) is 6.65. The molecule has 28 heavy (non-hydrogen) atoms. The van der Waals surface area contributed by atoms with E-state index in [0.717, 1.165) is 27.8 Å². The molecule has 0 unspecified atom stereocenters. The summed E-state index contributed by atoms with van der Waals surface area (Å²) in [6.07, 6.45) is 1.89. The highest BCUT2D eigenvalue weighted by atomic mass is 16.3. The molecule has 2 heterocycles. The molecule has 2 nitrogen and oxygen atoms in total. The van der Waals surface area contributed by atoms with Gasteiger partial charge in [0.2, 0.25) is 0 Å². The zero-order chi connectivity index (χ0) is 19.1. The third kappa shape index (κ3) is 2.78. The van der Waals surface area contributed by atoms with E-state index in [1.807, 2.05) is 18.3 Å². The fourth-order valence-corrected chi connectivity index (χ4v) is 3.81. The van der Waals surface area contributed by atoms with Crippen molar-refractivity contribution in [3.8, 4) is 22.4 Å².